The monoisotopic (exact) mass is 291 g/mol. The number of aliphatic carboxylic acids is 1. The minimum Gasteiger partial charge on any atom is -0.476 e. The molecule has 0 radical (unpaired) electrons. The number of oxime groups is 1. The van der Waals surface area contributed by atoms with Gasteiger partial charge in [0.2, 0.25) is 11.6 Å². The maximum atomic E-state index is 11.0. The Morgan fingerprint density at radius 2 is 2.39 bits per heavy atom. The summed E-state index contributed by atoms with van der Waals surface area (Å²) in [5.41, 5.74) is -0.203. The van der Waals surface area contributed by atoms with E-state index in [-0.39, 0.29) is 29.0 Å². The van der Waals surface area contributed by atoms with Crippen molar-refractivity contribution in [1.82, 2.24) is 4.98 Å². The number of halogens is 1. The number of carboxylic acids is 1. The van der Waals surface area contributed by atoms with Crippen molar-refractivity contribution in [2.24, 2.45) is 5.16 Å². The molecule has 1 rings (SSSR count). The van der Waals surface area contributed by atoms with Crippen LogP contribution in [0.4, 0.5) is 5.13 Å². The smallest absolute Gasteiger partial charge is 0.360 e. The minimum atomic E-state index is -1.26. The number of hydrogen-bond donors (Lipinski definition) is 2. The summed E-state index contributed by atoms with van der Waals surface area (Å²) in [4.78, 5) is 30.6. The van der Waals surface area contributed by atoms with Gasteiger partial charge >= 0.3 is 5.97 Å². The molecule has 0 aliphatic carbocycles. The van der Waals surface area contributed by atoms with Crippen LogP contribution in [0.25, 0.3) is 0 Å². The van der Waals surface area contributed by atoms with Gasteiger partial charge in [-0.2, -0.15) is 0 Å². The van der Waals surface area contributed by atoms with Crippen LogP contribution in [0.2, 0.25) is 0 Å². The molecule has 98 valence electrons. The van der Waals surface area contributed by atoms with Gasteiger partial charge in [-0.15, -0.1) is 22.9 Å². The molecule has 0 saturated heterocycles. The molecule has 0 saturated carbocycles. The largest absolute Gasteiger partial charge is 0.476 e. The van der Waals surface area contributed by atoms with Crippen molar-refractivity contribution in [3.05, 3.63) is 11.1 Å². The van der Waals surface area contributed by atoms with Crippen molar-refractivity contribution in [3.63, 3.8) is 0 Å². The molecular formula is C9H10ClN3O4S. The highest BCUT2D eigenvalue weighted by Crippen LogP contribution is 2.16. The first kappa shape index (κ1) is 14.4. The van der Waals surface area contributed by atoms with Crippen LogP contribution < -0.4 is 5.32 Å². The highest BCUT2D eigenvalue weighted by molar-refractivity contribution is 7.14. The first-order chi connectivity index (χ1) is 8.58. The van der Waals surface area contributed by atoms with Crippen molar-refractivity contribution in [2.45, 2.75) is 6.92 Å². The van der Waals surface area contributed by atoms with Crippen LogP contribution in [0.5, 0.6) is 0 Å². The SMILES string of the molecule is CCON=C(C(=O)O)c1csc(NC(=O)CCl)n1. The van der Waals surface area contributed by atoms with Crippen molar-refractivity contribution < 1.29 is 19.5 Å². The maximum absolute atomic E-state index is 11.0. The van der Waals surface area contributed by atoms with Crippen LogP contribution in [-0.2, 0) is 14.4 Å². The van der Waals surface area contributed by atoms with Gasteiger partial charge in [-0.05, 0) is 6.92 Å². The average molecular weight is 292 g/mol. The Morgan fingerprint density at radius 3 is 2.94 bits per heavy atom. The lowest BCUT2D eigenvalue weighted by Gasteiger charge is -1.98. The molecule has 0 fully saturated rings. The van der Waals surface area contributed by atoms with E-state index in [1.54, 1.807) is 6.92 Å². The highest BCUT2D eigenvalue weighted by Gasteiger charge is 2.18. The van der Waals surface area contributed by atoms with Crippen LogP contribution in [0, 0.1) is 0 Å². The minimum absolute atomic E-state index is 0.117. The summed E-state index contributed by atoms with van der Waals surface area (Å²) in [7, 11) is 0. The third kappa shape index (κ3) is 3.97. The fourth-order valence-corrected chi connectivity index (χ4v) is 1.70. The number of rotatable bonds is 6. The molecule has 0 bridgehead atoms. The molecule has 9 heteroatoms. The second-order valence-electron chi connectivity index (χ2n) is 2.88. The molecule has 0 spiro atoms. The Hall–Kier alpha value is -1.67. The van der Waals surface area contributed by atoms with Crippen LogP contribution in [0.1, 0.15) is 12.6 Å². The van der Waals surface area contributed by atoms with E-state index < -0.39 is 11.9 Å². The van der Waals surface area contributed by atoms with Gasteiger partial charge in [-0.1, -0.05) is 5.16 Å². The summed E-state index contributed by atoms with van der Waals surface area (Å²) in [5, 5.41) is 16.5. The van der Waals surface area contributed by atoms with Crippen LogP contribution in [0.15, 0.2) is 10.5 Å². The van der Waals surface area contributed by atoms with E-state index >= 15 is 0 Å². The molecule has 1 amide bonds. The van der Waals surface area contributed by atoms with Gasteiger partial charge in [0.25, 0.3) is 0 Å². The van der Waals surface area contributed by atoms with Gasteiger partial charge < -0.3 is 15.3 Å². The maximum Gasteiger partial charge on any atom is 0.360 e. The topological polar surface area (TPSA) is 101 Å². The summed E-state index contributed by atoms with van der Waals surface area (Å²) >= 11 is 6.39. The number of carbonyl (C=O) groups is 2. The molecule has 0 aromatic carbocycles. The lowest BCUT2D eigenvalue weighted by Crippen LogP contribution is -2.16. The van der Waals surface area contributed by atoms with Crippen LogP contribution >= 0.6 is 22.9 Å². The first-order valence-electron chi connectivity index (χ1n) is 4.83. The fourth-order valence-electron chi connectivity index (χ4n) is 0.917. The molecule has 0 aliphatic heterocycles. The fraction of sp³-hybridized carbons (Fsp3) is 0.333. The molecular weight excluding hydrogens is 282 g/mol. The standard InChI is InChI=1S/C9H10ClN3O4S/c1-2-17-13-7(8(15)16)5-4-18-9(11-5)12-6(14)3-10/h4H,2-3H2,1H3,(H,15,16)(H,11,12,14). The molecule has 1 aromatic heterocycles. The lowest BCUT2D eigenvalue weighted by atomic mass is 10.3. The molecule has 0 atom stereocenters. The van der Waals surface area contributed by atoms with Gasteiger partial charge in [0.15, 0.2) is 5.13 Å². The van der Waals surface area contributed by atoms with Crippen LogP contribution in [-0.4, -0.2) is 40.2 Å². The third-order valence-electron chi connectivity index (χ3n) is 1.60. The van der Waals surface area contributed by atoms with Gasteiger partial charge in [0.05, 0.1) is 0 Å². The Labute approximate surface area is 111 Å². The number of thiazole rings is 1. The van der Waals surface area contributed by atoms with Crippen LogP contribution in [0.3, 0.4) is 0 Å². The van der Waals surface area contributed by atoms with Crippen molar-refractivity contribution in [2.75, 3.05) is 17.8 Å². The van der Waals surface area contributed by atoms with Gasteiger partial charge in [-0.3, -0.25) is 4.79 Å². The van der Waals surface area contributed by atoms with E-state index in [0.717, 1.165) is 11.3 Å². The Morgan fingerprint density at radius 1 is 1.67 bits per heavy atom. The van der Waals surface area contributed by atoms with E-state index in [1.807, 2.05) is 0 Å². The Balaban J connectivity index is 2.88. The number of nitrogens with one attached hydrogen (secondary N) is 1. The Bertz CT molecular complexity index is 474. The summed E-state index contributed by atoms with van der Waals surface area (Å²) in [5.74, 6) is -1.88. The van der Waals surface area contributed by atoms with Gasteiger partial charge in [0, 0.05) is 5.38 Å². The Kier molecular flexibility index (Phi) is 5.53. The molecule has 2 N–H and O–H groups in total. The van der Waals surface area contributed by atoms with E-state index in [4.69, 9.17) is 16.7 Å². The molecule has 0 unspecified atom stereocenters. The summed E-state index contributed by atoms with van der Waals surface area (Å²) in [6.07, 6.45) is 0. The highest BCUT2D eigenvalue weighted by atomic mass is 35.5. The van der Waals surface area contributed by atoms with Crippen molar-refractivity contribution >= 4 is 45.7 Å². The van der Waals surface area contributed by atoms with E-state index in [0.29, 0.717) is 0 Å². The molecule has 7 nitrogen and oxygen atoms in total. The second-order valence-corrected chi connectivity index (χ2v) is 4.01. The number of nitrogens with zero attached hydrogens (tertiary/aromatic N) is 2. The summed E-state index contributed by atoms with van der Waals surface area (Å²) in [6, 6.07) is 0. The second kappa shape index (κ2) is 6.92. The van der Waals surface area contributed by atoms with Gasteiger partial charge in [-0.25, -0.2) is 9.78 Å². The normalized spacial score (nSPS) is 11.1. The number of aromatic nitrogens is 1. The zero-order chi connectivity index (χ0) is 13.5. The van der Waals surface area contributed by atoms with Gasteiger partial charge in [0.1, 0.15) is 18.2 Å². The number of hydrogen-bond acceptors (Lipinski definition) is 6. The number of carboxylic acid groups (broad SMARTS) is 1. The predicted octanol–water partition coefficient (Wildman–Crippen LogP) is 1.15. The lowest BCUT2D eigenvalue weighted by molar-refractivity contribution is -0.129. The first-order valence-corrected chi connectivity index (χ1v) is 6.24. The molecule has 0 aliphatic rings. The summed E-state index contributed by atoms with van der Waals surface area (Å²) < 4.78 is 0. The predicted molar refractivity (Wildman–Crippen MR) is 67.3 cm³/mol. The zero-order valence-corrected chi connectivity index (χ0v) is 10.9. The molecule has 1 heterocycles. The number of carbonyl (C=O) groups excluding carboxylic acids is 1. The molecule has 18 heavy (non-hydrogen) atoms. The third-order valence-corrected chi connectivity index (χ3v) is 2.60. The van der Waals surface area contributed by atoms with E-state index in [2.05, 4.69) is 20.3 Å². The average Bonchev–Trinajstić information content (AvgIpc) is 2.77. The summed E-state index contributed by atoms with van der Waals surface area (Å²) in [6.45, 7) is 1.92. The number of amides is 1. The van der Waals surface area contributed by atoms with E-state index in [9.17, 15) is 9.59 Å². The quantitative estimate of drug-likeness (QED) is 0.465. The number of anilines is 1. The van der Waals surface area contributed by atoms with Crippen molar-refractivity contribution in [3.8, 4) is 0 Å². The number of alkyl halides is 1. The van der Waals surface area contributed by atoms with Crippen molar-refractivity contribution in [1.29, 1.82) is 0 Å². The molecule has 1 aromatic rings. The van der Waals surface area contributed by atoms with E-state index in [1.165, 1.54) is 5.38 Å². The zero-order valence-electron chi connectivity index (χ0n) is 9.34.